The van der Waals surface area contributed by atoms with Gasteiger partial charge in [0.15, 0.2) is 6.10 Å². The van der Waals surface area contributed by atoms with Gasteiger partial charge in [-0.05, 0) is 57.8 Å². The molecule has 0 aromatic heterocycles. The van der Waals surface area contributed by atoms with E-state index in [1.54, 1.807) is 0 Å². The smallest absolute Gasteiger partial charge is 0.306 e. The van der Waals surface area contributed by atoms with Gasteiger partial charge in [-0.2, -0.15) is 0 Å². The summed E-state index contributed by atoms with van der Waals surface area (Å²) in [5, 5.41) is 0. The van der Waals surface area contributed by atoms with E-state index >= 15 is 0 Å². The van der Waals surface area contributed by atoms with Crippen molar-refractivity contribution in [1.82, 2.24) is 0 Å². The van der Waals surface area contributed by atoms with Gasteiger partial charge in [0.05, 0.1) is 0 Å². The van der Waals surface area contributed by atoms with Crippen LogP contribution in [0.25, 0.3) is 0 Å². The van der Waals surface area contributed by atoms with Crippen molar-refractivity contribution in [3.05, 3.63) is 36.5 Å². The SMILES string of the molecule is CCCCC/C=C\C/C=C\C/C=C\CCCCCCCCC(=O)OC(COC(=O)CCCCCCC)COC(=O)CCCCCCCCCCCCCCCCCCCCCCCCC. The lowest BCUT2D eigenvalue weighted by atomic mass is 10.0. The van der Waals surface area contributed by atoms with Crippen molar-refractivity contribution < 1.29 is 28.6 Å². The number of carbonyl (C=O) groups excluding carboxylic acids is 3. The Morgan fingerprint density at radius 1 is 0.308 bits per heavy atom. The number of unbranched alkanes of at least 4 members (excludes halogenated alkanes) is 35. The normalized spacial score (nSPS) is 12.2. The first kappa shape index (κ1) is 62.6. The first-order valence-corrected chi connectivity index (χ1v) is 28.5. The van der Waals surface area contributed by atoms with Crippen LogP contribution in [0.4, 0.5) is 0 Å². The van der Waals surface area contributed by atoms with Crippen LogP contribution in [0.1, 0.15) is 303 Å². The monoisotopic (exact) mass is 913 g/mol. The maximum absolute atomic E-state index is 12.8. The fourth-order valence-corrected chi connectivity index (χ4v) is 8.33. The topological polar surface area (TPSA) is 78.9 Å². The van der Waals surface area contributed by atoms with Crippen LogP contribution in [0.5, 0.6) is 0 Å². The molecule has 380 valence electrons. The summed E-state index contributed by atoms with van der Waals surface area (Å²) in [5.41, 5.74) is 0. The average Bonchev–Trinajstić information content (AvgIpc) is 3.30. The van der Waals surface area contributed by atoms with Gasteiger partial charge in [-0.3, -0.25) is 14.4 Å². The Labute approximate surface area is 404 Å². The predicted molar refractivity (Wildman–Crippen MR) is 279 cm³/mol. The van der Waals surface area contributed by atoms with E-state index in [9.17, 15) is 14.4 Å². The van der Waals surface area contributed by atoms with Gasteiger partial charge in [0, 0.05) is 19.3 Å². The Bertz CT molecular complexity index is 1090. The minimum absolute atomic E-state index is 0.0744. The van der Waals surface area contributed by atoms with Crippen molar-refractivity contribution in [3.8, 4) is 0 Å². The molecule has 0 amide bonds. The van der Waals surface area contributed by atoms with Gasteiger partial charge in [-0.15, -0.1) is 0 Å². The fraction of sp³-hybridized carbons (Fsp3) is 0.847. The molecule has 0 fully saturated rings. The lowest BCUT2D eigenvalue weighted by Gasteiger charge is -2.18. The van der Waals surface area contributed by atoms with Crippen molar-refractivity contribution in [2.45, 2.75) is 309 Å². The van der Waals surface area contributed by atoms with Gasteiger partial charge < -0.3 is 14.2 Å². The maximum atomic E-state index is 12.8. The zero-order chi connectivity index (χ0) is 47.2. The molecule has 0 aliphatic carbocycles. The summed E-state index contributed by atoms with van der Waals surface area (Å²) in [6.45, 7) is 6.56. The van der Waals surface area contributed by atoms with Crippen LogP contribution in [0, 0.1) is 0 Å². The molecule has 1 unspecified atom stereocenters. The molecule has 0 aliphatic rings. The standard InChI is InChI=1S/C59H108O6/c1-4-7-10-13-15-17-19-21-23-25-27-28-29-30-32-33-35-37-39-41-43-46-49-52-58(61)64-55-56(54-63-57(60)51-48-45-12-9-6-3)65-59(62)53-50-47-44-42-40-38-36-34-31-26-24-22-20-18-16-14-11-8-5-2/h16,18,22,24,31,34,56H,4-15,17,19-21,23,25-30,32-33,35-55H2,1-3H3/b18-16-,24-22-,34-31-. The number of carbonyl (C=O) groups is 3. The van der Waals surface area contributed by atoms with E-state index in [1.807, 2.05) is 0 Å². The van der Waals surface area contributed by atoms with Crippen LogP contribution < -0.4 is 0 Å². The second kappa shape index (κ2) is 54.2. The molecule has 1 atom stereocenters. The molecule has 65 heavy (non-hydrogen) atoms. The Hall–Kier alpha value is -2.37. The van der Waals surface area contributed by atoms with E-state index in [-0.39, 0.29) is 31.1 Å². The van der Waals surface area contributed by atoms with Crippen LogP contribution >= 0.6 is 0 Å². The summed E-state index contributed by atoms with van der Waals surface area (Å²) in [6.07, 6.45) is 64.7. The minimum atomic E-state index is -0.773. The van der Waals surface area contributed by atoms with Crippen molar-refractivity contribution >= 4 is 17.9 Å². The molecule has 0 heterocycles. The molecular weight excluding hydrogens is 805 g/mol. The number of allylic oxidation sites excluding steroid dienone is 6. The third kappa shape index (κ3) is 52.5. The summed E-state index contributed by atoms with van der Waals surface area (Å²) in [6, 6.07) is 0. The van der Waals surface area contributed by atoms with E-state index in [4.69, 9.17) is 14.2 Å². The van der Waals surface area contributed by atoms with Crippen molar-refractivity contribution in [3.63, 3.8) is 0 Å². The molecule has 0 aromatic rings. The molecule has 0 bridgehead atoms. The Morgan fingerprint density at radius 3 is 0.892 bits per heavy atom. The minimum Gasteiger partial charge on any atom is -0.462 e. The number of esters is 3. The van der Waals surface area contributed by atoms with Gasteiger partial charge in [0.2, 0.25) is 0 Å². The van der Waals surface area contributed by atoms with Crippen molar-refractivity contribution in [1.29, 1.82) is 0 Å². The lowest BCUT2D eigenvalue weighted by Crippen LogP contribution is -2.30. The second-order valence-corrected chi connectivity index (χ2v) is 19.2. The predicted octanol–water partition coefficient (Wildman–Crippen LogP) is 18.9. The highest BCUT2D eigenvalue weighted by Crippen LogP contribution is 2.17. The van der Waals surface area contributed by atoms with Gasteiger partial charge >= 0.3 is 17.9 Å². The Morgan fingerprint density at radius 2 is 0.554 bits per heavy atom. The average molecular weight is 914 g/mol. The molecule has 6 heteroatoms. The number of rotatable bonds is 52. The lowest BCUT2D eigenvalue weighted by molar-refractivity contribution is -0.167. The molecule has 0 N–H and O–H groups in total. The highest BCUT2D eigenvalue weighted by Gasteiger charge is 2.19. The molecule has 0 spiro atoms. The molecule has 0 saturated carbocycles. The molecule has 0 saturated heterocycles. The fourth-order valence-electron chi connectivity index (χ4n) is 8.33. The number of hydrogen-bond acceptors (Lipinski definition) is 6. The van der Waals surface area contributed by atoms with Crippen molar-refractivity contribution in [2.75, 3.05) is 13.2 Å². The van der Waals surface area contributed by atoms with Crippen LogP contribution in [-0.2, 0) is 28.6 Å². The molecule has 6 nitrogen and oxygen atoms in total. The molecular formula is C59H108O6. The van der Waals surface area contributed by atoms with E-state index in [1.165, 1.54) is 180 Å². The molecule has 0 aromatic carbocycles. The van der Waals surface area contributed by atoms with Crippen LogP contribution in [0.15, 0.2) is 36.5 Å². The number of hydrogen-bond donors (Lipinski definition) is 0. The summed E-state index contributed by atoms with van der Waals surface area (Å²) in [7, 11) is 0. The van der Waals surface area contributed by atoms with E-state index in [0.29, 0.717) is 19.3 Å². The summed E-state index contributed by atoms with van der Waals surface area (Å²) < 4.78 is 16.7. The van der Waals surface area contributed by atoms with Gasteiger partial charge in [0.1, 0.15) is 13.2 Å². The first-order chi connectivity index (χ1) is 32.0. The Kier molecular flexibility index (Phi) is 52.3. The zero-order valence-electron chi connectivity index (χ0n) is 43.5. The largest absolute Gasteiger partial charge is 0.462 e. The highest BCUT2D eigenvalue weighted by atomic mass is 16.6. The van der Waals surface area contributed by atoms with E-state index in [2.05, 4.69) is 57.2 Å². The van der Waals surface area contributed by atoms with Crippen LogP contribution in [0.3, 0.4) is 0 Å². The molecule has 0 aliphatic heterocycles. The van der Waals surface area contributed by atoms with E-state index in [0.717, 1.165) is 83.5 Å². The maximum Gasteiger partial charge on any atom is 0.306 e. The third-order valence-electron chi connectivity index (χ3n) is 12.6. The first-order valence-electron chi connectivity index (χ1n) is 28.5. The van der Waals surface area contributed by atoms with Crippen molar-refractivity contribution in [2.24, 2.45) is 0 Å². The summed E-state index contributed by atoms with van der Waals surface area (Å²) in [4.78, 5) is 37.8. The van der Waals surface area contributed by atoms with Gasteiger partial charge in [-0.25, -0.2) is 0 Å². The zero-order valence-corrected chi connectivity index (χ0v) is 43.5. The summed E-state index contributed by atoms with van der Waals surface area (Å²) >= 11 is 0. The second-order valence-electron chi connectivity index (χ2n) is 19.2. The molecule has 0 rings (SSSR count). The van der Waals surface area contributed by atoms with Crippen LogP contribution in [0.2, 0.25) is 0 Å². The Balaban J connectivity index is 4.07. The van der Waals surface area contributed by atoms with Crippen LogP contribution in [-0.4, -0.2) is 37.2 Å². The molecule has 0 radical (unpaired) electrons. The summed E-state index contributed by atoms with van der Waals surface area (Å²) in [5.74, 6) is -0.887. The number of ether oxygens (including phenoxy) is 3. The highest BCUT2D eigenvalue weighted by molar-refractivity contribution is 5.71. The van der Waals surface area contributed by atoms with E-state index < -0.39 is 6.10 Å². The van der Waals surface area contributed by atoms with Gasteiger partial charge in [-0.1, -0.05) is 263 Å². The quantitative estimate of drug-likeness (QED) is 0.0262. The third-order valence-corrected chi connectivity index (χ3v) is 12.6. The van der Waals surface area contributed by atoms with Gasteiger partial charge in [0.25, 0.3) is 0 Å².